The predicted octanol–water partition coefficient (Wildman–Crippen LogP) is 2.84. The number of rotatable bonds is 4. The number of ether oxygens (including phenoxy) is 2. The lowest BCUT2D eigenvalue weighted by Gasteiger charge is -2.13. The lowest BCUT2D eigenvalue weighted by atomic mass is 10.1. The molecular formula is C12H15ClO3. The molecule has 0 heterocycles. The van der Waals surface area contributed by atoms with Gasteiger partial charge in [0, 0.05) is 5.02 Å². The fourth-order valence-electron chi connectivity index (χ4n) is 1.31. The highest BCUT2D eigenvalue weighted by molar-refractivity contribution is 6.31. The monoisotopic (exact) mass is 242 g/mol. The number of hydrogen-bond acceptors (Lipinski definition) is 3. The van der Waals surface area contributed by atoms with Crippen molar-refractivity contribution in [2.24, 2.45) is 0 Å². The molecule has 1 atom stereocenters. The van der Waals surface area contributed by atoms with E-state index in [1.54, 1.807) is 19.1 Å². The summed E-state index contributed by atoms with van der Waals surface area (Å²) in [4.78, 5) is 11.2. The zero-order valence-electron chi connectivity index (χ0n) is 9.62. The molecule has 0 aliphatic rings. The van der Waals surface area contributed by atoms with E-state index in [1.807, 2.05) is 13.0 Å². The fraction of sp³-hybridized carbons (Fsp3) is 0.417. The Morgan fingerprint density at radius 3 is 2.75 bits per heavy atom. The summed E-state index contributed by atoms with van der Waals surface area (Å²) in [6, 6.07) is 5.34. The van der Waals surface area contributed by atoms with Crippen LogP contribution in [-0.2, 0) is 16.0 Å². The minimum Gasteiger partial charge on any atom is -0.479 e. The number of aryl methyl sites for hydroxylation is 1. The molecule has 1 rings (SSSR count). The number of esters is 1. The van der Waals surface area contributed by atoms with Crippen LogP contribution in [0.1, 0.15) is 19.4 Å². The minimum absolute atomic E-state index is 0.395. The highest BCUT2D eigenvalue weighted by atomic mass is 35.5. The maximum absolute atomic E-state index is 11.2. The van der Waals surface area contributed by atoms with Gasteiger partial charge in [-0.1, -0.05) is 18.5 Å². The number of carbonyl (C=O) groups excluding carboxylic acids is 1. The van der Waals surface area contributed by atoms with Crippen LogP contribution in [0.2, 0.25) is 5.02 Å². The van der Waals surface area contributed by atoms with E-state index in [9.17, 15) is 4.79 Å². The maximum Gasteiger partial charge on any atom is 0.346 e. The van der Waals surface area contributed by atoms with Gasteiger partial charge in [0.05, 0.1) is 7.11 Å². The molecule has 0 saturated carbocycles. The molecule has 0 radical (unpaired) electrons. The zero-order valence-corrected chi connectivity index (χ0v) is 10.4. The van der Waals surface area contributed by atoms with E-state index >= 15 is 0 Å². The predicted molar refractivity (Wildman–Crippen MR) is 62.9 cm³/mol. The summed E-state index contributed by atoms with van der Waals surface area (Å²) in [5.41, 5.74) is 0.997. The highest BCUT2D eigenvalue weighted by Gasteiger charge is 2.15. The van der Waals surface area contributed by atoms with Gasteiger partial charge in [-0.3, -0.25) is 0 Å². The van der Waals surface area contributed by atoms with E-state index in [0.29, 0.717) is 10.8 Å². The van der Waals surface area contributed by atoms with Crippen molar-refractivity contribution >= 4 is 17.6 Å². The number of methoxy groups -OCH3 is 1. The molecule has 16 heavy (non-hydrogen) atoms. The molecule has 1 aromatic rings. The first kappa shape index (κ1) is 12.8. The Bertz CT molecular complexity index is 377. The summed E-state index contributed by atoms with van der Waals surface area (Å²) in [7, 11) is 1.33. The van der Waals surface area contributed by atoms with Crippen molar-refractivity contribution in [3.05, 3.63) is 28.8 Å². The SMILES string of the molecule is CCc1cc(OC(C)C(=O)OC)ccc1Cl. The van der Waals surface area contributed by atoms with Crippen molar-refractivity contribution in [2.75, 3.05) is 7.11 Å². The molecular weight excluding hydrogens is 228 g/mol. The summed E-state index contributed by atoms with van der Waals surface area (Å²) in [6.45, 7) is 3.65. The Balaban J connectivity index is 2.78. The summed E-state index contributed by atoms with van der Waals surface area (Å²) < 4.78 is 10.0. The Hall–Kier alpha value is -1.22. The molecule has 88 valence electrons. The smallest absolute Gasteiger partial charge is 0.346 e. The molecule has 1 unspecified atom stereocenters. The molecule has 0 N–H and O–H groups in total. The Kier molecular flexibility index (Phi) is 4.62. The summed E-state index contributed by atoms with van der Waals surface area (Å²) in [5.74, 6) is 0.229. The van der Waals surface area contributed by atoms with Crippen LogP contribution in [0.4, 0.5) is 0 Å². The molecule has 0 fully saturated rings. The van der Waals surface area contributed by atoms with Crippen LogP contribution in [0.5, 0.6) is 5.75 Å². The van der Waals surface area contributed by atoms with Gasteiger partial charge in [0.2, 0.25) is 0 Å². The van der Waals surface area contributed by atoms with Crippen molar-refractivity contribution in [1.29, 1.82) is 0 Å². The van der Waals surface area contributed by atoms with Gasteiger partial charge in [0.15, 0.2) is 6.10 Å². The third-order valence-electron chi connectivity index (χ3n) is 2.24. The fourth-order valence-corrected chi connectivity index (χ4v) is 1.56. The van der Waals surface area contributed by atoms with E-state index < -0.39 is 12.1 Å². The number of hydrogen-bond donors (Lipinski definition) is 0. The van der Waals surface area contributed by atoms with Gasteiger partial charge >= 0.3 is 5.97 Å². The third kappa shape index (κ3) is 3.14. The van der Waals surface area contributed by atoms with Gasteiger partial charge in [0.25, 0.3) is 0 Å². The number of carbonyl (C=O) groups is 1. The Morgan fingerprint density at radius 1 is 1.50 bits per heavy atom. The first-order chi connectivity index (χ1) is 7.58. The molecule has 0 aromatic heterocycles. The average molecular weight is 243 g/mol. The standard InChI is InChI=1S/C12H15ClO3/c1-4-9-7-10(5-6-11(9)13)16-8(2)12(14)15-3/h5-8H,4H2,1-3H3. The quantitative estimate of drug-likeness (QED) is 0.762. The second-order valence-corrected chi connectivity index (χ2v) is 3.80. The summed E-state index contributed by atoms with van der Waals surface area (Å²) >= 11 is 5.98. The van der Waals surface area contributed by atoms with Crippen molar-refractivity contribution < 1.29 is 14.3 Å². The highest BCUT2D eigenvalue weighted by Crippen LogP contribution is 2.23. The largest absolute Gasteiger partial charge is 0.479 e. The minimum atomic E-state index is -0.615. The molecule has 0 amide bonds. The molecule has 0 aliphatic heterocycles. The van der Waals surface area contributed by atoms with Gasteiger partial charge in [-0.05, 0) is 37.1 Å². The van der Waals surface area contributed by atoms with Crippen LogP contribution < -0.4 is 4.74 Å². The maximum atomic E-state index is 11.2. The van der Waals surface area contributed by atoms with Crippen molar-refractivity contribution in [1.82, 2.24) is 0 Å². The van der Waals surface area contributed by atoms with Crippen LogP contribution in [0.25, 0.3) is 0 Å². The topological polar surface area (TPSA) is 35.5 Å². The number of halogens is 1. The van der Waals surface area contributed by atoms with Crippen molar-refractivity contribution in [2.45, 2.75) is 26.4 Å². The first-order valence-electron chi connectivity index (χ1n) is 5.11. The molecule has 0 saturated heterocycles. The van der Waals surface area contributed by atoms with Crippen LogP contribution in [0.3, 0.4) is 0 Å². The van der Waals surface area contributed by atoms with Gasteiger partial charge < -0.3 is 9.47 Å². The average Bonchev–Trinajstić information content (AvgIpc) is 2.30. The molecule has 0 aliphatic carbocycles. The van der Waals surface area contributed by atoms with E-state index in [0.717, 1.165) is 12.0 Å². The van der Waals surface area contributed by atoms with Crippen molar-refractivity contribution in [3.63, 3.8) is 0 Å². The lowest BCUT2D eigenvalue weighted by Crippen LogP contribution is -2.24. The second-order valence-electron chi connectivity index (χ2n) is 3.39. The molecule has 4 heteroatoms. The van der Waals surface area contributed by atoms with Gasteiger partial charge in [-0.2, -0.15) is 0 Å². The van der Waals surface area contributed by atoms with Crippen LogP contribution in [-0.4, -0.2) is 19.2 Å². The van der Waals surface area contributed by atoms with Crippen molar-refractivity contribution in [3.8, 4) is 5.75 Å². The Labute approximate surface area is 100 Å². The van der Waals surface area contributed by atoms with Gasteiger partial charge in [-0.15, -0.1) is 0 Å². The Morgan fingerprint density at radius 2 is 2.19 bits per heavy atom. The summed E-state index contributed by atoms with van der Waals surface area (Å²) in [5, 5.41) is 0.709. The summed E-state index contributed by atoms with van der Waals surface area (Å²) in [6.07, 6.45) is 0.207. The van der Waals surface area contributed by atoms with E-state index in [-0.39, 0.29) is 0 Å². The number of benzene rings is 1. The van der Waals surface area contributed by atoms with Crippen LogP contribution in [0, 0.1) is 0 Å². The molecule has 3 nitrogen and oxygen atoms in total. The normalized spacial score (nSPS) is 12.0. The lowest BCUT2D eigenvalue weighted by molar-refractivity contribution is -0.147. The zero-order chi connectivity index (χ0) is 12.1. The van der Waals surface area contributed by atoms with Crippen LogP contribution in [0.15, 0.2) is 18.2 Å². The van der Waals surface area contributed by atoms with Crippen LogP contribution >= 0.6 is 11.6 Å². The van der Waals surface area contributed by atoms with E-state index in [4.69, 9.17) is 16.3 Å². The molecule has 0 bridgehead atoms. The van der Waals surface area contributed by atoms with E-state index in [2.05, 4.69) is 4.74 Å². The molecule has 0 spiro atoms. The van der Waals surface area contributed by atoms with Gasteiger partial charge in [0.1, 0.15) is 5.75 Å². The third-order valence-corrected chi connectivity index (χ3v) is 2.61. The van der Waals surface area contributed by atoms with Gasteiger partial charge in [-0.25, -0.2) is 4.79 Å². The first-order valence-corrected chi connectivity index (χ1v) is 5.49. The van der Waals surface area contributed by atoms with E-state index in [1.165, 1.54) is 7.11 Å². The molecule has 1 aromatic carbocycles. The second kappa shape index (κ2) is 5.75.